The van der Waals surface area contributed by atoms with E-state index in [2.05, 4.69) is 38.0 Å². The van der Waals surface area contributed by atoms with E-state index in [1.54, 1.807) is 13.2 Å². The van der Waals surface area contributed by atoms with E-state index in [0.29, 0.717) is 18.1 Å². The first-order valence-corrected chi connectivity index (χ1v) is 10.4. The molecule has 0 saturated carbocycles. The molecule has 0 spiro atoms. The summed E-state index contributed by atoms with van der Waals surface area (Å²) >= 11 is 5.96. The molecule has 2 heterocycles. The van der Waals surface area contributed by atoms with Crippen LogP contribution in [0.4, 0.5) is 0 Å². The quantitative estimate of drug-likeness (QED) is 0.345. The summed E-state index contributed by atoms with van der Waals surface area (Å²) in [7, 11) is 1.77. The molecule has 4 rings (SSSR count). The molecule has 0 saturated heterocycles. The van der Waals surface area contributed by atoms with Gasteiger partial charge in [-0.3, -0.25) is 9.67 Å². The van der Waals surface area contributed by atoms with Gasteiger partial charge in [-0.25, -0.2) is 4.68 Å². The average molecular weight is 434 g/mol. The second kappa shape index (κ2) is 9.95. The summed E-state index contributed by atoms with van der Waals surface area (Å²) in [5.41, 5.74) is 4.44. The fourth-order valence-corrected chi connectivity index (χ4v) is 3.35. The Labute approximate surface area is 186 Å². The highest BCUT2D eigenvalue weighted by Gasteiger charge is 2.06. The van der Waals surface area contributed by atoms with Gasteiger partial charge in [-0.2, -0.15) is 10.2 Å². The largest absolute Gasteiger partial charge is 0.352 e. The summed E-state index contributed by atoms with van der Waals surface area (Å²) in [5, 5.41) is 16.2. The van der Waals surface area contributed by atoms with Crippen LogP contribution in [-0.4, -0.2) is 32.6 Å². The van der Waals surface area contributed by atoms with Crippen LogP contribution in [0.25, 0.3) is 5.69 Å². The SMILES string of the molecule is CN=C(NCc1cnn(-c2ccc(Cl)cc2)c1)NCc1ccccc1Cn1cccn1. The number of guanidine groups is 1. The van der Waals surface area contributed by atoms with Gasteiger partial charge in [0.2, 0.25) is 0 Å². The molecule has 0 bridgehead atoms. The summed E-state index contributed by atoms with van der Waals surface area (Å²) in [5.74, 6) is 0.730. The van der Waals surface area contributed by atoms with Crippen molar-refractivity contribution in [3.63, 3.8) is 0 Å². The lowest BCUT2D eigenvalue weighted by Gasteiger charge is -2.14. The Balaban J connectivity index is 1.33. The van der Waals surface area contributed by atoms with Crippen molar-refractivity contribution in [2.75, 3.05) is 7.05 Å². The molecule has 0 fully saturated rings. The third-order valence-electron chi connectivity index (χ3n) is 4.87. The number of benzene rings is 2. The molecule has 4 aromatic rings. The maximum Gasteiger partial charge on any atom is 0.191 e. The van der Waals surface area contributed by atoms with Crippen LogP contribution < -0.4 is 10.6 Å². The monoisotopic (exact) mass is 433 g/mol. The van der Waals surface area contributed by atoms with E-state index in [9.17, 15) is 0 Å². The molecule has 158 valence electrons. The molecule has 0 aliphatic carbocycles. The molecular weight excluding hydrogens is 410 g/mol. The van der Waals surface area contributed by atoms with Crippen molar-refractivity contribution in [2.45, 2.75) is 19.6 Å². The maximum absolute atomic E-state index is 5.96. The number of nitrogens with one attached hydrogen (secondary N) is 2. The first kappa shape index (κ1) is 20.7. The van der Waals surface area contributed by atoms with E-state index in [0.717, 1.165) is 23.8 Å². The summed E-state index contributed by atoms with van der Waals surface area (Å²) in [4.78, 5) is 4.33. The highest BCUT2D eigenvalue weighted by atomic mass is 35.5. The van der Waals surface area contributed by atoms with Gasteiger partial charge in [-0.1, -0.05) is 35.9 Å². The normalized spacial score (nSPS) is 11.5. The van der Waals surface area contributed by atoms with Crippen LogP contribution in [0, 0.1) is 0 Å². The van der Waals surface area contributed by atoms with Crippen molar-refractivity contribution in [2.24, 2.45) is 4.99 Å². The second-order valence-electron chi connectivity index (χ2n) is 7.02. The zero-order valence-electron chi connectivity index (χ0n) is 17.2. The average Bonchev–Trinajstić information content (AvgIpc) is 3.48. The predicted octanol–water partition coefficient (Wildman–Crippen LogP) is 3.64. The van der Waals surface area contributed by atoms with Crippen molar-refractivity contribution in [1.29, 1.82) is 0 Å². The number of halogens is 1. The van der Waals surface area contributed by atoms with Crippen LogP contribution in [0.3, 0.4) is 0 Å². The minimum Gasteiger partial charge on any atom is -0.352 e. The van der Waals surface area contributed by atoms with Crippen LogP contribution in [0.15, 0.2) is 84.4 Å². The van der Waals surface area contributed by atoms with E-state index in [1.165, 1.54) is 11.1 Å². The highest BCUT2D eigenvalue weighted by molar-refractivity contribution is 6.30. The van der Waals surface area contributed by atoms with E-state index in [-0.39, 0.29) is 0 Å². The Morgan fingerprint density at radius 3 is 2.48 bits per heavy atom. The van der Waals surface area contributed by atoms with Crippen molar-refractivity contribution in [1.82, 2.24) is 30.2 Å². The van der Waals surface area contributed by atoms with E-state index in [4.69, 9.17) is 11.6 Å². The second-order valence-corrected chi connectivity index (χ2v) is 7.46. The molecule has 8 heteroatoms. The van der Waals surface area contributed by atoms with Crippen LogP contribution in [0.5, 0.6) is 0 Å². The molecule has 2 N–H and O–H groups in total. The smallest absolute Gasteiger partial charge is 0.191 e. The molecule has 0 atom stereocenters. The molecule has 31 heavy (non-hydrogen) atoms. The van der Waals surface area contributed by atoms with E-state index < -0.39 is 0 Å². The maximum atomic E-state index is 5.96. The van der Waals surface area contributed by atoms with Gasteiger partial charge < -0.3 is 10.6 Å². The summed E-state index contributed by atoms with van der Waals surface area (Å²) < 4.78 is 3.75. The lowest BCUT2D eigenvalue weighted by Crippen LogP contribution is -2.36. The zero-order chi connectivity index (χ0) is 21.5. The number of nitrogens with zero attached hydrogens (tertiary/aromatic N) is 5. The van der Waals surface area contributed by atoms with Crippen LogP contribution in [-0.2, 0) is 19.6 Å². The van der Waals surface area contributed by atoms with E-state index >= 15 is 0 Å². The fourth-order valence-electron chi connectivity index (χ4n) is 3.22. The Bertz CT molecular complexity index is 1130. The summed E-state index contributed by atoms with van der Waals surface area (Å²) in [6.45, 7) is 2.02. The molecule has 0 unspecified atom stereocenters. The van der Waals surface area contributed by atoms with Crippen molar-refractivity contribution >= 4 is 17.6 Å². The van der Waals surface area contributed by atoms with Gasteiger partial charge in [-0.15, -0.1) is 0 Å². The summed E-state index contributed by atoms with van der Waals surface area (Å²) in [6, 6.07) is 17.9. The molecule has 0 aliphatic rings. The molecule has 7 nitrogen and oxygen atoms in total. The predicted molar refractivity (Wildman–Crippen MR) is 123 cm³/mol. The topological polar surface area (TPSA) is 72.1 Å². The number of hydrogen-bond donors (Lipinski definition) is 2. The van der Waals surface area contributed by atoms with Gasteiger partial charge in [0.05, 0.1) is 18.4 Å². The van der Waals surface area contributed by atoms with Crippen LogP contribution >= 0.6 is 11.6 Å². The first-order chi connectivity index (χ1) is 15.2. The molecule has 0 amide bonds. The number of hydrogen-bond acceptors (Lipinski definition) is 3. The Morgan fingerprint density at radius 2 is 1.74 bits per heavy atom. The zero-order valence-corrected chi connectivity index (χ0v) is 18.0. The van der Waals surface area contributed by atoms with E-state index in [1.807, 2.05) is 70.4 Å². The van der Waals surface area contributed by atoms with Crippen LogP contribution in [0.1, 0.15) is 16.7 Å². The van der Waals surface area contributed by atoms with Gasteiger partial charge in [-0.05, 0) is 41.5 Å². The Kier molecular flexibility index (Phi) is 6.64. The van der Waals surface area contributed by atoms with Gasteiger partial charge in [0, 0.05) is 49.3 Å². The van der Waals surface area contributed by atoms with Gasteiger partial charge in [0.15, 0.2) is 5.96 Å². The first-order valence-electron chi connectivity index (χ1n) is 9.99. The lowest BCUT2D eigenvalue weighted by atomic mass is 10.1. The third kappa shape index (κ3) is 5.52. The van der Waals surface area contributed by atoms with Crippen molar-refractivity contribution in [3.05, 3.63) is 101 Å². The minimum atomic E-state index is 0.613. The Morgan fingerprint density at radius 1 is 0.968 bits per heavy atom. The minimum absolute atomic E-state index is 0.613. The molecule has 2 aromatic heterocycles. The third-order valence-corrected chi connectivity index (χ3v) is 5.12. The molecular formula is C23H24ClN7. The van der Waals surface area contributed by atoms with Gasteiger partial charge in [0.1, 0.15) is 0 Å². The molecule has 0 radical (unpaired) electrons. The molecule has 2 aromatic carbocycles. The standard InChI is InChI=1S/C23H24ClN7/c1-25-23(26-13-18-14-29-31(16-18)22-9-7-21(24)8-10-22)27-15-19-5-2-3-6-20(19)17-30-12-4-11-28-30/h2-12,14,16H,13,15,17H2,1H3,(H2,25,26,27). The van der Waals surface area contributed by atoms with Crippen molar-refractivity contribution in [3.8, 4) is 5.69 Å². The number of rotatable bonds is 7. The van der Waals surface area contributed by atoms with Gasteiger partial charge in [0.25, 0.3) is 0 Å². The number of aliphatic imine (C=N–C) groups is 1. The fraction of sp³-hybridized carbons (Fsp3) is 0.174. The lowest BCUT2D eigenvalue weighted by molar-refractivity contribution is 0.677. The number of aromatic nitrogens is 4. The summed E-state index contributed by atoms with van der Waals surface area (Å²) in [6.07, 6.45) is 7.59. The highest BCUT2D eigenvalue weighted by Crippen LogP contribution is 2.13. The van der Waals surface area contributed by atoms with Crippen molar-refractivity contribution < 1.29 is 0 Å². The molecule has 0 aliphatic heterocycles. The Hall–Kier alpha value is -3.58. The van der Waals surface area contributed by atoms with Crippen LogP contribution in [0.2, 0.25) is 5.02 Å². The van der Waals surface area contributed by atoms with Gasteiger partial charge >= 0.3 is 0 Å².